The van der Waals surface area contributed by atoms with E-state index in [1.807, 2.05) is 6.07 Å². The van der Waals surface area contributed by atoms with Gasteiger partial charge in [0.2, 0.25) is 0 Å². The Morgan fingerprint density at radius 3 is 2.46 bits per heavy atom. The van der Waals surface area contributed by atoms with Crippen LogP contribution in [0.15, 0.2) is 23.4 Å². The Morgan fingerprint density at radius 2 is 2.08 bits per heavy atom. The smallest absolute Gasteiger partial charge is 0.0558 e. The van der Waals surface area contributed by atoms with Crippen LogP contribution in [0.5, 0.6) is 0 Å². The van der Waals surface area contributed by atoms with Crippen molar-refractivity contribution in [2.24, 2.45) is 5.11 Å². The van der Waals surface area contributed by atoms with Gasteiger partial charge in [0.1, 0.15) is 0 Å². The fourth-order valence-electron chi connectivity index (χ4n) is 0.941. The first kappa shape index (κ1) is 9.55. The van der Waals surface area contributed by atoms with Gasteiger partial charge in [-0.15, -0.1) is 0 Å². The largest absolute Gasteiger partial charge is 0.260 e. The van der Waals surface area contributed by atoms with Crippen molar-refractivity contribution in [2.45, 2.75) is 26.2 Å². The van der Waals surface area contributed by atoms with E-state index in [0.717, 1.165) is 5.69 Å². The Morgan fingerprint density at radius 1 is 1.38 bits per heavy atom. The first-order valence-electron chi connectivity index (χ1n) is 4.05. The molecule has 0 spiro atoms. The second-order valence-electron chi connectivity index (χ2n) is 3.84. The predicted octanol–water partition coefficient (Wildman–Crippen LogP) is 3.32. The van der Waals surface area contributed by atoms with Gasteiger partial charge in [0, 0.05) is 22.2 Å². The van der Waals surface area contributed by atoms with Crippen LogP contribution in [0, 0.1) is 0 Å². The molecule has 0 bridgehead atoms. The number of pyridine rings is 1. The van der Waals surface area contributed by atoms with E-state index >= 15 is 0 Å². The van der Waals surface area contributed by atoms with Gasteiger partial charge in [-0.1, -0.05) is 25.9 Å². The third-order valence-corrected chi connectivity index (χ3v) is 1.68. The van der Waals surface area contributed by atoms with E-state index < -0.39 is 0 Å². The summed E-state index contributed by atoms with van der Waals surface area (Å²) in [6.07, 6.45) is 1.58. The van der Waals surface area contributed by atoms with Crippen molar-refractivity contribution >= 4 is 5.69 Å². The van der Waals surface area contributed by atoms with Crippen LogP contribution in [0.3, 0.4) is 0 Å². The zero-order valence-corrected chi connectivity index (χ0v) is 8.02. The first-order valence-corrected chi connectivity index (χ1v) is 4.05. The molecule has 1 aromatic rings. The predicted molar refractivity (Wildman–Crippen MR) is 51.7 cm³/mol. The van der Waals surface area contributed by atoms with Crippen LogP contribution in [0.1, 0.15) is 26.5 Å². The van der Waals surface area contributed by atoms with Crippen LogP contribution in [-0.2, 0) is 5.41 Å². The van der Waals surface area contributed by atoms with Gasteiger partial charge in [-0.2, -0.15) is 0 Å². The molecule has 0 N–H and O–H groups in total. The van der Waals surface area contributed by atoms with E-state index in [4.69, 9.17) is 5.53 Å². The Hall–Kier alpha value is -1.54. The van der Waals surface area contributed by atoms with E-state index in [-0.39, 0.29) is 5.41 Å². The van der Waals surface area contributed by atoms with Crippen LogP contribution in [0.2, 0.25) is 0 Å². The fourth-order valence-corrected chi connectivity index (χ4v) is 0.941. The van der Waals surface area contributed by atoms with Crippen molar-refractivity contribution in [3.8, 4) is 0 Å². The van der Waals surface area contributed by atoms with Crippen LogP contribution in [0.4, 0.5) is 5.69 Å². The summed E-state index contributed by atoms with van der Waals surface area (Å²) in [6.45, 7) is 6.26. The number of nitrogens with zero attached hydrogens (tertiary/aromatic N) is 4. The highest BCUT2D eigenvalue weighted by Crippen LogP contribution is 2.21. The summed E-state index contributed by atoms with van der Waals surface area (Å²) in [4.78, 5) is 6.89. The highest BCUT2D eigenvalue weighted by atomic mass is 15.1. The van der Waals surface area contributed by atoms with Crippen molar-refractivity contribution < 1.29 is 0 Å². The molecule has 1 rings (SSSR count). The molecular formula is C9H12N4. The molecule has 0 aromatic carbocycles. The average Bonchev–Trinajstić information content (AvgIpc) is 2.04. The molecule has 1 aromatic heterocycles. The third kappa shape index (κ3) is 2.46. The van der Waals surface area contributed by atoms with Gasteiger partial charge >= 0.3 is 0 Å². The summed E-state index contributed by atoms with van der Waals surface area (Å²) >= 11 is 0. The molecule has 4 nitrogen and oxygen atoms in total. The van der Waals surface area contributed by atoms with E-state index in [9.17, 15) is 0 Å². The lowest BCUT2D eigenvalue weighted by Gasteiger charge is -2.16. The van der Waals surface area contributed by atoms with Gasteiger partial charge in [-0.3, -0.25) is 4.98 Å². The second-order valence-corrected chi connectivity index (χ2v) is 3.84. The summed E-state index contributed by atoms with van der Waals surface area (Å²) in [5.74, 6) is 0. The minimum absolute atomic E-state index is 0.0366. The Balaban J connectivity index is 3.00. The third-order valence-electron chi connectivity index (χ3n) is 1.68. The van der Waals surface area contributed by atoms with Crippen LogP contribution in [0.25, 0.3) is 10.4 Å². The summed E-state index contributed by atoms with van der Waals surface area (Å²) in [7, 11) is 0. The van der Waals surface area contributed by atoms with Crippen LogP contribution >= 0.6 is 0 Å². The summed E-state index contributed by atoms with van der Waals surface area (Å²) < 4.78 is 0. The number of azide groups is 1. The minimum Gasteiger partial charge on any atom is -0.260 e. The SMILES string of the molecule is CC(C)(C)c1ccc(N=[N+]=[N-])cn1. The fraction of sp³-hybridized carbons (Fsp3) is 0.444. The van der Waals surface area contributed by atoms with Gasteiger partial charge in [0.05, 0.1) is 5.69 Å². The van der Waals surface area contributed by atoms with E-state index in [1.54, 1.807) is 12.3 Å². The maximum Gasteiger partial charge on any atom is 0.0558 e. The summed E-state index contributed by atoms with van der Waals surface area (Å²) in [5.41, 5.74) is 9.76. The zero-order valence-electron chi connectivity index (χ0n) is 8.02. The van der Waals surface area contributed by atoms with Crippen LogP contribution < -0.4 is 0 Å². The molecule has 0 saturated heterocycles. The highest BCUT2D eigenvalue weighted by molar-refractivity contribution is 5.35. The van der Waals surface area contributed by atoms with Gasteiger partial charge in [-0.05, 0) is 17.7 Å². The van der Waals surface area contributed by atoms with Gasteiger partial charge in [0.15, 0.2) is 0 Å². The minimum atomic E-state index is 0.0366. The molecule has 4 heteroatoms. The highest BCUT2D eigenvalue weighted by Gasteiger charge is 2.14. The monoisotopic (exact) mass is 176 g/mol. The van der Waals surface area contributed by atoms with Gasteiger partial charge in [0.25, 0.3) is 0 Å². The van der Waals surface area contributed by atoms with Gasteiger partial charge in [-0.25, -0.2) is 0 Å². The molecule has 0 aliphatic carbocycles. The molecule has 13 heavy (non-hydrogen) atoms. The summed E-state index contributed by atoms with van der Waals surface area (Å²) in [6, 6.07) is 3.65. The molecule has 0 fully saturated rings. The van der Waals surface area contributed by atoms with E-state index in [0.29, 0.717) is 5.69 Å². The number of hydrogen-bond acceptors (Lipinski definition) is 2. The molecule has 68 valence electrons. The molecule has 0 amide bonds. The molecule has 0 saturated carbocycles. The van der Waals surface area contributed by atoms with Crippen molar-refractivity contribution in [1.29, 1.82) is 0 Å². The maximum absolute atomic E-state index is 8.18. The average molecular weight is 176 g/mol. The number of rotatable bonds is 1. The van der Waals surface area contributed by atoms with E-state index in [2.05, 4.69) is 35.8 Å². The van der Waals surface area contributed by atoms with Crippen molar-refractivity contribution in [2.75, 3.05) is 0 Å². The number of aromatic nitrogens is 1. The summed E-state index contributed by atoms with van der Waals surface area (Å²) in [5, 5.41) is 3.45. The Labute approximate surface area is 77.2 Å². The molecule has 0 aliphatic rings. The molecular weight excluding hydrogens is 164 g/mol. The quantitative estimate of drug-likeness (QED) is 0.367. The molecule has 1 heterocycles. The molecule has 0 unspecified atom stereocenters. The second kappa shape index (κ2) is 3.46. The normalized spacial score (nSPS) is 10.7. The maximum atomic E-state index is 8.18. The standard InChI is InChI=1S/C9H12N4/c1-9(2,3)8-5-4-7(6-11-8)12-13-10/h4-6H,1-3H3. The zero-order chi connectivity index (χ0) is 9.90. The Kier molecular flexibility index (Phi) is 2.54. The topological polar surface area (TPSA) is 61.7 Å². The van der Waals surface area contributed by atoms with Crippen molar-refractivity contribution in [3.05, 3.63) is 34.5 Å². The lowest BCUT2D eigenvalue weighted by Crippen LogP contribution is -2.12. The lowest BCUT2D eigenvalue weighted by molar-refractivity contribution is 0.569. The van der Waals surface area contributed by atoms with Crippen molar-refractivity contribution in [1.82, 2.24) is 4.98 Å². The molecule has 0 atom stereocenters. The van der Waals surface area contributed by atoms with Gasteiger partial charge < -0.3 is 0 Å². The van der Waals surface area contributed by atoms with E-state index in [1.165, 1.54) is 0 Å². The first-order chi connectivity index (χ1) is 6.04. The number of hydrogen-bond donors (Lipinski definition) is 0. The molecule has 0 aliphatic heterocycles. The van der Waals surface area contributed by atoms with Crippen LogP contribution in [-0.4, -0.2) is 4.98 Å². The Bertz CT molecular complexity index is 328. The lowest BCUT2D eigenvalue weighted by atomic mass is 9.92. The molecule has 0 radical (unpaired) electrons. The van der Waals surface area contributed by atoms with Crippen molar-refractivity contribution in [3.63, 3.8) is 0 Å².